The van der Waals surface area contributed by atoms with Crippen molar-refractivity contribution in [3.8, 4) is 0 Å². The van der Waals surface area contributed by atoms with Crippen LogP contribution in [-0.4, -0.2) is 114 Å². The first-order chi connectivity index (χ1) is 21.3. The molecule has 0 aromatic heterocycles. The molecule has 0 bridgehead atoms. The van der Waals surface area contributed by atoms with Crippen LogP contribution in [0.2, 0.25) is 0 Å². The molecular formula is C34H50FN5O4. The van der Waals surface area contributed by atoms with Gasteiger partial charge in [0.25, 0.3) is 5.91 Å². The number of ketones is 2. The van der Waals surface area contributed by atoms with E-state index in [1.807, 2.05) is 6.20 Å². The Morgan fingerprint density at radius 3 is 2.64 bits per heavy atom. The van der Waals surface area contributed by atoms with Crippen LogP contribution in [-0.2, 0) is 19.1 Å². The molecule has 10 heteroatoms. The number of amides is 1. The number of carbonyl (C=O) groups is 3. The summed E-state index contributed by atoms with van der Waals surface area (Å²) in [5, 5.41) is 3.56. The van der Waals surface area contributed by atoms with Crippen molar-refractivity contribution in [2.24, 2.45) is 35.3 Å². The normalized spacial score (nSPS) is 46.8. The highest BCUT2D eigenvalue weighted by Gasteiger charge is 2.62. The maximum Gasteiger partial charge on any atom is 0.259 e. The van der Waals surface area contributed by atoms with E-state index in [0.717, 1.165) is 45.1 Å². The first kappa shape index (κ1) is 29.5. The summed E-state index contributed by atoms with van der Waals surface area (Å²) in [5.74, 6) is 0.224. The molecule has 1 amide bonds. The van der Waals surface area contributed by atoms with E-state index in [-0.39, 0.29) is 59.7 Å². The molecule has 13 atom stereocenters. The number of nitrogens with one attached hydrogen (secondary N) is 1. The molecule has 8 aliphatic rings. The molecule has 0 aromatic carbocycles. The molecule has 0 aromatic rings. The van der Waals surface area contributed by atoms with Gasteiger partial charge >= 0.3 is 0 Å². The lowest BCUT2D eigenvalue weighted by Crippen LogP contribution is -2.73. The summed E-state index contributed by atoms with van der Waals surface area (Å²) in [5.41, 5.74) is 6.31. The number of hydrogen-bond acceptors (Lipinski definition) is 8. The minimum Gasteiger partial charge on any atom is -0.369 e. The molecule has 9 nitrogen and oxygen atoms in total. The van der Waals surface area contributed by atoms with E-state index >= 15 is 4.39 Å². The zero-order valence-corrected chi connectivity index (χ0v) is 26.1. The lowest BCUT2D eigenvalue weighted by molar-refractivity contribution is -0.206. The van der Waals surface area contributed by atoms with Crippen LogP contribution in [0.25, 0.3) is 0 Å². The highest BCUT2D eigenvalue weighted by atomic mass is 19.1. The van der Waals surface area contributed by atoms with Gasteiger partial charge in [0.1, 0.15) is 12.0 Å². The summed E-state index contributed by atoms with van der Waals surface area (Å²) < 4.78 is 23.2. The third kappa shape index (κ3) is 4.71. The number of rotatable bonds is 5. The van der Waals surface area contributed by atoms with Crippen molar-refractivity contribution in [3.05, 3.63) is 11.8 Å². The molecule has 4 aliphatic heterocycles. The van der Waals surface area contributed by atoms with Gasteiger partial charge in [0.2, 0.25) is 0 Å². The van der Waals surface area contributed by atoms with Crippen molar-refractivity contribution in [2.45, 2.75) is 119 Å². The predicted molar refractivity (Wildman–Crippen MR) is 162 cm³/mol. The van der Waals surface area contributed by atoms with E-state index in [4.69, 9.17) is 10.5 Å². The average molecular weight is 612 g/mol. The Morgan fingerprint density at radius 1 is 1.02 bits per heavy atom. The van der Waals surface area contributed by atoms with Crippen LogP contribution in [0.15, 0.2) is 11.8 Å². The molecule has 3 saturated heterocycles. The first-order valence-corrected chi connectivity index (χ1v) is 17.7. The van der Waals surface area contributed by atoms with Gasteiger partial charge in [-0.25, -0.2) is 4.39 Å². The van der Waals surface area contributed by atoms with E-state index in [9.17, 15) is 14.4 Å². The van der Waals surface area contributed by atoms with Crippen LogP contribution in [0, 0.1) is 29.6 Å². The molecule has 242 valence electrons. The van der Waals surface area contributed by atoms with Crippen LogP contribution in [0.3, 0.4) is 0 Å². The quantitative estimate of drug-likeness (QED) is 0.455. The zero-order valence-electron chi connectivity index (χ0n) is 26.1. The molecule has 44 heavy (non-hydrogen) atoms. The van der Waals surface area contributed by atoms with Gasteiger partial charge in [0.05, 0.1) is 35.9 Å². The maximum atomic E-state index is 16.2. The maximum absolute atomic E-state index is 16.2. The minimum atomic E-state index is -1.26. The van der Waals surface area contributed by atoms with Crippen LogP contribution < -0.4 is 11.1 Å². The lowest BCUT2D eigenvalue weighted by atomic mass is 9.66. The molecule has 12 unspecified atom stereocenters. The van der Waals surface area contributed by atoms with Gasteiger partial charge in [-0.1, -0.05) is 12.8 Å². The van der Waals surface area contributed by atoms with E-state index in [2.05, 4.69) is 22.2 Å². The van der Waals surface area contributed by atoms with Gasteiger partial charge in [-0.05, 0) is 89.8 Å². The molecule has 7 fully saturated rings. The number of nitrogens with two attached hydrogens (primary N) is 1. The predicted octanol–water partition coefficient (Wildman–Crippen LogP) is 2.04. The Hall–Kier alpha value is -1.88. The topological polar surface area (TPSA) is 108 Å². The Labute approximate surface area is 260 Å². The summed E-state index contributed by atoms with van der Waals surface area (Å²) in [7, 11) is 2.16. The number of hydrogen-bond donors (Lipinski definition) is 2. The Kier molecular flexibility index (Phi) is 7.66. The number of halogens is 1. The van der Waals surface area contributed by atoms with Crippen LogP contribution >= 0.6 is 0 Å². The van der Waals surface area contributed by atoms with Gasteiger partial charge in [-0.3, -0.25) is 14.4 Å². The number of fused-ring (bicyclic) bond motifs is 5. The second-order valence-corrected chi connectivity index (χ2v) is 15.5. The number of morpholine rings is 1. The summed E-state index contributed by atoms with van der Waals surface area (Å²) in [6, 6.07) is -0.433. The van der Waals surface area contributed by atoms with Gasteiger partial charge in [-0.2, -0.15) is 0 Å². The number of carbonyl (C=O) groups excluding carboxylic acids is 3. The van der Waals surface area contributed by atoms with Crippen LogP contribution in [0.4, 0.5) is 4.39 Å². The molecule has 0 radical (unpaired) electrons. The number of nitrogens with zero attached hydrogens (tertiary/aromatic N) is 3. The van der Waals surface area contributed by atoms with E-state index in [1.54, 1.807) is 4.90 Å². The van der Waals surface area contributed by atoms with Crippen LogP contribution in [0.5, 0.6) is 0 Å². The van der Waals surface area contributed by atoms with E-state index in [1.165, 1.54) is 19.3 Å². The molecule has 8 rings (SSSR count). The fourth-order valence-electron chi connectivity index (χ4n) is 11.0. The number of ether oxygens (including phenoxy) is 1. The number of alkyl halides is 1. The van der Waals surface area contributed by atoms with Gasteiger partial charge in [-0.15, -0.1) is 0 Å². The molecule has 3 N–H and O–H groups in total. The van der Waals surface area contributed by atoms with Crippen molar-refractivity contribution >= 4 is 17.5 Å². The van der Waals surface area contributed by atoms with Crippen molar-refractivity contribution < 1.29 is 23.5 Å². The fraction of sp³-hybridized carbons (Fsp3) is 0.853. The van der Waals surface area contributed by atoms with Gasteiger partial charge in [0.15, 0.2) is 5.78 Å². The first-order valence-electron chi connectivity index (χ1n) is 17.7. The Balaban J connectivity index is 1.11. The smallest absolute Gasteiger partial charge is 0.259 e. The summed E-state index contributed by atoms with van der Waals surface area (Å²) in [6.07, 6.45) is 9.90. The second-order valence-electron chi connectivity index (χ2n) is 15.5. The Bertz CT molecular complexity index is 1210. The van der Waals surface area contributed by atoms with E-state index in [0.29, 0.717) is 49.7 Å². The van der Waals surface area contributed by atoms with Crippen molar-refractivity contribution in [3.63, 3.8) is 0 Å². The fourth-order valence-corrected chi connectivity index (χ4v) is 11.0. The third-order valence-electron chi connectivity index (χ3n) is 13.2. The van der Waals surface area contributed by atoms with Crippen molar-refractivity contribution in [2.75, 3.05) is 33.2 Å². The second kappa shape index (κ2) is 11.4. The number of likely N-dealkylation sites (tertiary alicyclic amines) is 2. The molecular weight excluding hydrogens is 561 g/mol. The van der Waals surface area contributed by atoms with Crippen molar-refractivity contribution in [1.29, 1.82) is 0 Å². The zero-order chi connectivity index (χ0) is 30.3. The molecule has 4 heterocycles. The standard InChI is InChI=1S/C34H50FN5O4/c1-38-11-4-5-19(38)8-10-37-29-26(35)13-24-30-33(29)44-28-15-23-22(20-6-2-3-7-21(20)31(23)41)14-27(28)40(30)17-25(32(24)42)34(43)39-12-9-18(36)16-39/h17-24,26-30,33,37H,2-16,36H2,1H3/t18-,19?,20?,21?,22?,23?,24?,26?,27?,28?,29?,30?,33?/m0/s1. The molecule has 4 aliphatic carbocycles. The summed E-state index contributed by atoms with van der Waals surface area (Å²) >= 11 is 0. The minimum absolute atomic E-state index is 0.00775. The highest BCUT2D eigenvalue weighted by Crippen LogP contribution is 2.56. The van der Waals surface area contributed by atoms with Gasteiger partial charge < -0.3 is 30.5 Å². The largest absolute Gasteiger partial charge is 0.369 e. The number of Topliss-reactive ketones (excluding diaryl/α,β-unsaturated/α-hetero) is 2. The van der Waals surface area contributed by atoms with E-state index < -0.39 is 24.2 Å². The third-order valence-corrected chi connectivity index (χ3v) is 13.2. The van der Waals surface area contributed by atoms with Gasteiger partial charge in [0, 0.05) is 49.1 Å². The summed E-state index contributed by atoms with van der Waals surface area (Å²) in [4.78, 5) is 47.8. The molecule has 4 saturated carbocycles. The monoisotopic (exact) mass is 611 g/mol. The molecule has 0 spiro atoms. The highest BCUT2D eigenvalue weighted by molar-refractivity contribution is 6.20. The van der Waals surface area contributed by atoms with Crippen LogP contribution in [0.1, 0.15) is 70.6 Å². The Morgan fingerprint density at radius 2 is 1.86 bits per heavy atom. The lowest BCUT2D eigenvalue weighted by Gasteiger charge is -2.60. The summed E-state index contributed by atoms with van der Waals surface area (Å²) in [6.45, 7) is 2.78. The average Bonchev–Trinajstić information content (AvgIpc) is 3.72. The SMILES string of the molecule is CN1CCCC1CCNC1C(F)CC2C(=O)C(C(=O)N3CC[C@H](N)C3)=CN3C4CC5C(CC4OC1C23)C(=O)C1CCCCC15. The van der Waals surface area contributed by atoms with Crippen molar-refractivity contribution in [1.82, 2.24) is 20.0 Å².